The summed E-state index contributed by atoms with van der Waals surface area (Å²) in [5, 5.41) is 0.810. The van der Waals surface area contributed by atoms with E-state index in [9.17, 15) is 18.0 Å². The fourth-order valence-corrected chi connectivity index (χ4v) is 5.46. The molecule has 1 aliphatic heterocycles. The van der Waals surface area contributed by atoms with E-state index >= 15 is 0 Å². The average molecular weight is 532 g/mol. The number of rotatable bonds is 7. The Balaban J connectivity index is 2.10. The number of ether oxygens (including phenoxy) is 2. The zero-order valence-electron chi connectivity index (χ0n) is 17.4. The van der Waals surface area contributed by atoms with Gasteiger partial charge in [0.05, 0.1) is 25.2 Å². The fourth-order valence-electron chi connectivity index (χ4n) is 3.23. The van der Waals surface area contributed by atoms with Gasteiger partial charge in [0.25, 0.3) is 11.8 Å². The smallest absolute Gasteiger partial charge is 0.278 e. The van der Waals surface area contributed by atoms with Crippen LogP contribution in [0, 0.1) is 0 Å². The predicted molar refractivity (Wildman–Crippen MR) is 120 cm³/mol. The Morgan fingerprint density at radius 1 is 1.26 bits per heavy atom. The van der Waals surface area contributed by atoms with Crippen molar-refractivity contribution in [1.82, 2.24) is 9.29 Å². The van der Waals surface area contributed by atoms with Gasteiger partial charge in [-0.3, -0.25) is 14.5 Å². The molecule has 31 heavy (non-hydrogen) atoms. The molecule has 0 spiro atoms. The monoisotopic (exact) mass is 531 g/mol. The molecular formula is C19H22BrN3O6S2. The number of anilines is 1. The maximum atomic E-state index is 13.4. The molecule has 1 aliphatic rings. The molecular weight excluding hydrogens is 510 g/mol. The number of carbonyl (C=O) groups is 2. The SMILES string of the molecule is COc1cc(OC)cc(N(C(=O)c2csc(Br)n2)C2CCN(S(=O)(=O)C(C)C)C2=O)c1. The summed E-state index contributed by atoms with van der Waals surface area (Å²) in [5.41, 5.74) is 0.476. The second kappa shape index (κ2) is 9.13. The summed E-state index contributed by atoms with van der Waals surface area (Å²) in [6, 6.07) is 3.81. The van der Waals surface area contributed by atoms with E-state index in [1.54, 1.807) is 23.6 Å². The Morgan fingerprint density at radius 2 is 1.87 bits per heavy atom. The van der Waals surface area contributed by atoms with Crippen LogP contribution in [-0.4, -0.2) is 61.6 Å². The van der Waals surface area contributed by atoms with Gasteiger partial charge in [-0.25, -0.2) is 17.7 Å². The summed E-state index contributed by atoms with van der Waals surface area (Å²) in [7, 11) is -0.867. The maximum Gasteiger partial charge on any atom is 0.278 e. The van der Waals surface area contributed by atoms with Gasteiger partial charge in [0.2, 0.25) is 10.0 Å². The highest BCUT2D eigenvalue weighted by Crippen LogP contribution is 2.34. The van der Waals surface area contributed by atoms with Crippen LogP contribution < -0.4 is 14.4 Å². The van der Waals surface area contributed by atoms with Crippen molar-refractivity contribution in [1.29, 1.82) is 0 Å². The number of hydrogen-bond donors (Lipinski definition) is 0. The summed E-state index contributed by atoms with van der Waals surface area (Å²) in [5.74, 6) is -0.343. The van der Waals surface area contributed by atoms with Crippen molar-refractivity contribution in [2.24, 2.45) is 0 Å². The summed E-state index contributed by atoms with van der Waals surface area (Å²) < 4.78 is 37.3. The molecule has 1 aromatic heterocycles. The first-order chi connectivity index (χ1) is 14.6. The van der Waals surface area contributed by atoms with E-state index in [4.69, 9.17) is 9.47 Å². The molecule has 0 aliphatic carbocycles. The van der Waals surface area contributed by atoms with Crippen molar-refractivity contribution < 1.29 is 27.5 Å². The molecule has 0 radical (unpaired) electrons. The number of sulfonamides is 1. The summed E-state index contributed by atoms with van der Waals surface area (Å²) >= 11 is 4.47. The van der Waals surface area contributed by atoms with E-state index in [-0.39, 0.29) is 18.7 Å². The molecule has 2 aromatic rings. The van der Waals surface area contributed by atoms with Crippen LogP contribution in [0.1, 0.15) is 30.8 Å². The molecule has 1 atom stereocenters. The van der Waals surface area contributed by atoms with Crippen LogP contribution in [-0.2, 0) is 14.8 Å². The molecule has 1 unspecified atom stereocenters. The predicted octanol–water partition coefficient (Wildman–Crippen LogP) is 2.91. The van der Waals surface area contributed by atoms with Crippen LogP contribution in [0.5, 0.6) is 11.5 Å². The van der Waals surface area contributed by atoms with Gasteiger partial charge in [0, 0.05) is 30.1 Å². The number of carbonyl (C=O) groups excluding carboxylic acids is 2. The highest BCUT2D eigenvalue weighted by Gasteiger charge is 2.45. The Hall–Kier alpha value is -2.18. The molecule has 0 N–H and O–H groups in total. The number of methoxy groups -OCH3 is 2. The first-order valence-corrected chi connectivity index (χ1v) is 12.5. The summed E-state index contributed by atoms with van der Waals surface area (Å²) in [6.45, 7) is 3.02. The minimum atomic E-state index is -3.81. The number of hydrogen-bond acceptors (Lipinski definition) is 8. The van der Waals surface area contributed by atoms with Crippen molar-refractivity contribution in [2.75, 3.05) is 25.7 Å². The van der Waals surface area contributed by atoms with Crippen molar-refractivity contribution in [3.05, 3.63) is 33.2 Å². The molecule has 1 aromatic carbocycles. The van der Waals surface area contributed by atoms with Gasteiger partial charge in [-0.1, -0.05) is 0 Å². The number of nitrogens with zero attached hydrogens (tertiary/aromatic N) is 3. The van der Waals surface area contributed by atoms with Crippen LogP contribution in [0.2, 0.25) is 0 Å². The standard InChI is InChI=1S/C19H22BrN3O6S2/c1-11(2)31(26,27)22-6-5-16(18(22)25)23(17(24)15-10-30-19(20)21-15)12-7-13(28-3)9-14(8-12)29-4/h7-11,16H,5-6H2,1-4H3. The van der Waals surface area contributed by atoms with Gasteiger partial charge >= 0.3 is 0 Å². The molecule has 0 bridgehead atoms. The third-order valence-corrected chi connectivity index (χ3v) is 8.41. The summed E-state index contributed by atoms with van der Waals surface area (Å²) in [4.78, 5) is 32.1. The Bertz CT molecular complexity index is 1080. The highest BCUT2D eigenvalue weighted by molar-refractivity contribution is 9.11. The number of halogens is 1. The molecule has 2 heterocycles. The normalized spacial score (nSPS) is 16.6. The van der Waals surface area contributed by atoms with E-state index in [2.05, 4.69) is 20.9 Å². The zero-order chi connectivity index (χ0) is 22.9. The van der Waals surface area contributed by atoms with Crippen molar-refractivity contribution in [2.45, 2.75) is 31.6 Å². The summed E-state index contributed by atoms with van der Waals surface area (Å²) in [6.07, 6.45) is 0.154. The molecule has 168 valence electrons. The fraction of sp³-hybridized carbons (Fsp3) is 0.421. The molecule has 2 amide bonds. The van der Waals surface area contributed by atoms with Crippen LogP contribution in [0.25, 0.3) is 0 Å². The van der Waals surface area contributed by atoms with Gasteiger partial charge < -0.3 is 9.47 Å². The van der Waals surface area contributed by atoms with E-state index in [1.807, 2.05) is 0 Å². The van der Waals surface area contributed by atoms with E-state index < -0.39 is 33.1 Å². The third kappa shape index (κ3) is 4.55. The quantitative estimate of drug-likeness (QED) is 0.540. The number of amides is 2. The second-order valence-electron chi connectivity index (χ2n) is 7.04. The molecule has 1 fully saturated rings. The van der Waals surface area contributed by atoms with Gasteiger partial charge in [0.1, 0.15) is 23.2 Å². The zero-order valence-corrected chi connectivity index (χ0v) is 20.6. The van der Waals surface area contributed by atoms with Crippen molar-refractivity contribution in [3.8, 4) is 11.5 Å². The van der Waals surface area contributed by atoms with E-state index in [0.717, 1.165) is 4.31 Å². The maximum absolute atomic E-state index is 13.4. The van der Waals surface area contributed by atoms with Crippen LogP contribution in [0.4, 0.5) is 5.69 Å². The Labute approximate surface area is 193 Å². The van der Waals surface area contributed by atoms with Crippen molar-refractivity contribution in [3.63, 3.8) is 0 Å². The third-order valence-electron chi connectivity index (χ3n) is 4.88. The molecule has 1 saturated heterocycles. The first-order valence-electron chi connectivity index (χ1n) is 9.33. The lowest BCUT2D eigenvalue weighted by Crippen LogP contribution is -2.47. The lowest BCUT2D eigenvalue weighted by molar-refractivity contribution is -0.124. The second-order valence-corrected chi connectivity index (χ2v) is 11.6. The Morgan fingerprint density at radius 3 is 2.35 bits per heavy atom. The van der Waals surface area contributed by atoms with Crippen LogP contribution in [0.15, 0.2) is 27.5 Å². The molecule has 3 rings (SSSR count). The minimum absolute atomic E-state index is 0.00431. The van der Waals surface area contributed by atoms with E-state index in [0.29, 0.717) is 21.1 Å². The highest BCUT2D eigenvalue weighted by atomic mass is 79.9. The lowest BCUT2D eigenvalue weighted by Gasteiger charge is -2.28. The Kier molecular flexibility index (Phi) is 6.92. The largest absolute Gasteiger partial charge is 0.497 e. The average Bonchev–Trinajstić information content (AvgIpc) is 3.34. The van der Waals surface area contributed by atoms with Gasteiger partial charge in [-0.2, -0.15) is 0 Å². The van der Waals surface area contributed by atoms with Crippen molar-refractivity contribution >= 4 is 54.8 Å². The number of aromatic nitrogens is 1. The minimum Gasteiger partial charge on any atom is -0.497 e. The van der Waals surface area contributed by atoms with E-state index in [1.165, 1.54) is 44.3 Å². The lowest BCUT2D eigenvalue weighted by atomic mass is 10.1. The number of benzene rings is 1. The first kappa shape index (κ1) is 23.5. The molecule has 0 saturated carbocycles. The molecule has 9 nitrogen and oxygen atoms in total. The van der Waals surface area contributed by atoms with Gasteiger partial charge in [0.15, 0.2) is 3.92 Å². The van der Waals surface area contributed by atoms with Crippen LogP contribution >= 0.6 is 27.3 Å². The topological polar surface area (TPSA) is 106 Å². The van der Waals surface area contributed by atoms with Gasteiger partial charge in [-0.15, -0.1) is 11.3 Å². The molecule has 12 heteroatoms. The van der Waals surface area contributed by atoms with Crippen LogP contribution in [0.3, 0.4) is 0 Å². The number of thiazole rings is 1. The van der Waals surface area contributed by atoms with Gasteiger partial charge in [-0.05, 0) is 36.2 Å².